The normalized spacial score (nSPS) is 20.1. The molecule has 196 valence electrons. The Hall–Kier alpha value is -2.04. The molecule has 9 heteroatoms. The van der Waals surface area contributed by atoms with Crippen molar-refractivity contribution in [3.63, 3.8) is 0 Å². The van der Waals surface area contributed by atoms with E-state index in [4.69, 9.17) is 9.16 Å². The quantitative estimate of drug-likeness (QED) is 0.362. The summed E-state index contributed by atoms with van der Waals surface area (Å²) < 4.78 is 16.2. The average molecular weight is 648 g/mol. The van der Waals surface area contributed by atoms with Crippen LogP contribution >= 0.6 is 31.9 Å². The van der Waals surface area contributed by atoms with Crippen LogP contribution in [-0.2, 0) is 9.16 Å². The van der Waals surface area contributed by atoms with Crippen LogP contribution in [0.5, 0.6) is 0 Å². The molecule has 0 spiro atoms. The molecule has 37 heavy (non-hydrogen) atoms. The molecule has 1 aliphatic heterocycles. The van der Waals surface area contributed by atoms with Crippen molar-refractivity contribution in [2.75, 3.05) is 0 Å². The molecule has 1 N–H and O–H groups in total. The first-order chi connectivity index (χ1) is 17.5. The highest BCUT2D eigenvalue weighted by Crippen LogP contribution is 2.41. The summed E-state index contributed by atoms with van der Waals surface area (Å²) in [5.74, 6) is 0. The number of rotatable bonds is 7. The molecule has 0 unspecified atom stereocenters. The Kier molecular flexibility index (Phi) is 8.60. The highest BCUT2D eigenvalue weighted by molar-refractivity contribution is 9.28. The van der Waals surface area contributed by atoms with Crippen molar-refractivity contribution >= 4 is 50.6 Å². The van der Waals surface area contributed by atoms with E-state index in [9.17, 15) is 9.59 Å². The smallest absolute Gasteiger partial charge is 0.330 e. The van der Waals surface area contributed by atoms with Crippen LogP contribution in [0.25, 0.3) is 0 Å². The van der Waals surface area contributed by atoms with Crippen LogP contribution in [-0.4, -0.2) is 30.1 Å². The molecule has 0 bridgehead atoms. The molecule has 2 aromatic carbocycles. The minimum absolute atomic E-state index is 0.199. The maximum atomic E-state index is 12.7. The molecule has 3 atom stereocenters. The van der Waals surface area contributed by atoms with Crippen molar-refractivity contribution in [1.82, 2.24) is 9.55 Å². The van der Waals surface area contributed by atoms with Gasteiger partial charge in [-0.05, 0) is 60.6 Å². The largest absolute Gasteiger partial charge is 0.402 e. The predicted octanol–water partition coefficient (Wildman–Crippen LogP) is 5.10. The summed E-state index contributed by atoms with van der Waals surface area (Å²) in [6, 6.07) is 21.0. The summed E-state index contributed by atoms with van der Waals surface area (Å²) in [7, 11) is -2.85. The topological polar surface area (TPSA) is 73.3 Å². The zero-order valence-electron chi connectivity index (χ0n) is 21.4. The molecule has 6 nitrogen and oxygen atoms in total. The van der Waals surface area contributed by atoms with Crippen molar-refractivity contribution in [2.45, 2.75) is 64.0 Å². The molecule has 3 aromatic rings. The Morgan fingerprint density at radius 3 is 2.16 bits per heavy atom. The summed E-state index contributed by atoms with van der Waals surface area (Å²) in [5.41, 5.74) is -0.413. The third kappa shape index (κ3) is 5.86. The molecule has 4 rings (SSSR count). The monoisotopic (exact) mass is 646 g/mol. The fourth-order valence-corrected chi connectivity index (χ4v) is 10.2. The molecule has 1 aromatic heterocycles. The molecule has 1 aliphatic rings. The number of nitrogens with zero attached hydrogens (tertiary/aromatic N) is 1. The SMILES string of the molecule is Cc1cn([C@H]2C[C@H](O[Si](c3ccccc3)(c3ccccc3)C(C)(C)C)[C@@H](CC=C(Br)Br)O2)c(=O)[nH]c1=O. The predicted molar refractivity (Wildman–Crippen MR) is 158 cm³/mol. The van der Waals surface area contributed by atoms with Gasteiger partial charge in [0.25, 0.3) is 13.9 Å². The second-order valence-corrected chi connectivity index (χ2v) is 17.4. The first-order valence-electron chi connectivity index (χ1n) is 12.3. The minimum Gasteiger partial charge on any atom is -0.402 e. The molecule has 0 saturated carbocycles. The van der Waals surface area contributed by atoms with Gasteiger partial charge >= 0.3 is 5.69 Å². The number of nitrogens with one attached hydrogen (secondary N) is 1. The van der Waals surface area contributed by atoms with Gasteiger partial charge in [0.2, 0.25) is 0 Å². The van der Waals surface area contributed by atoms with Crippen molar-refractivity contribution < 1.29 is 9.16 Å². The van der Waals surface area contributed by atoms with E-state index < -0.39 is 20.2 Å². The highest BCUT2D eigenvalue weighted by Gasteiger charge is 2.53. The lowest BCUT2D eigenvalue weighted by Gasteiger charge is -2.45. The molecule has 0 radical (unpaired) electrons. The van der Waals surface area contributed by atoms with Gasteiger partial charge in [-0.2, -0.15) is 0 Å². The maximum absolute atomic E-state index is 12.7. The third-order valence-electron chi connectivity index (χ3n) is 6.89. The fourth-order valence-electron chi connectivity index (χ4n) is 5.13. The first kappa shape index (κ1) is 28.0. The molecule has 1 fully saturated rings. The molecule has 0 aliphatic carbocycles. The Balaban J connectivity index is 1.83. The molecular formula is C28H32Br2N2O4Si. The molecule has 2 heterocycles. The van der Waals surface area contributed by atoms with E-state index in [1.807, 2.05) is 18.2 Å². The summed E-state index contributed by atoms with van der Waals surface area (Å²) in [4.78, 5) is 27.1. The van der Waals surface area contributed by atoms with E-state index in [1.165, 1.54) is 14.9 Å². The van der Waals surface area contributed by atoms with Gasteiger partial charge < -0.3 is 9.16 Å². The summed E-state index contributed by atoms with van der Waals surface area (Å²) in [6.07, 6.45) is 3.50. The van der Waals surface area contributed by atoms with Crippen LogP contribution < -0.4 is 21.6 Å². The van der Waals surface area contributed by atoms with Crippen LogP contribution in [0, 0.1) is 6.92 Å². The first-order valence-corrected chi connectivity index (χ1v) is 15.8. The standard InChI is InChI=1S/C28H32Br2N2O4Si/c1-19-18-32(27(34)31-26(19)33)25-17-23(22(35-25)15-16-24(29)30)36-37(28(2,3)4,20-11-7-5-8-12-20)21-13-9-6-10-14-21/h5-14,16,18,22-23,25H,15,17H2,1-4H3,(H,31,33,34)/t22-,23+,25-/m1/s1. The van der Waals surface area contributed by atoms with Crippen molar-refractivity contribution in [3.05, 3.63) is 103 Å². The number of H-pyrrole nitrogens is 1. The number of aromatic amines is 1. The highest BCUT2D eigenvalue weighted by atomic mass is 79.9. The lowest BCUT2D eigenvalue weighted by atomic mass is 10.1. The number of aromatic nitrogens is 2. The number of ether oxygens (including phenoxy) is 1. The van der Waals surface area contributed by atoms with Gasteiger partial charge in [-0.25, -0.2) is 4.79 Å². The average Bonchev–Trinajstić information content (AvgIpc) is 3.26. The van der Waals surface area contributed by atoms with Crippen molar-refractivity contribution in [3.8, 4) is 0 Å². The van der Waals surface area contributed by atoms with Crippen LogP contribution in [0.1, 0.15) is 45.4 Å². The third-order valence-corrected chi connectivity index (χ3v) is 12.6. The minimum atomic E-state index is -2.85. The van der Waals surface area contributed by atoms with Gasteiger partial charge in [-0.3, -0.25) is 14.3 Å². The Morgan fingerprint density at radius 1 is 1.08 bits per heavy atom. The van der Waals surface area contributed by atoms with E-state index in [-0.39, 0.29) is 22.8 Å². The number of aryl methyl sites for hydroxylation is 1. The van der Waals surface area contributed by atoms with Crippen LogP contribution in [0.15, 0.2) is 85.9 Å². The van der Waals surface area contributed by atoms with Crippen LogP contribution in [0.3, 0.4) is 0 Å². The summed E-state index contributed by atoms with van der Waals surface area (Å²) >= 11 is 6.91. The van der Waals surface area contributed by atoms with E-state index in [2.05, 4.69) is 106 Å². The van der Waals surface area contributed by atoms with E-state index in [1.54, 1.807) is 13.1 Å². The van der Waals surface area contributed by atoms with Gasteiger partial charge in [0.05, 0.1) is 15.6 Å². The van der Waals surface area contributed by atoms with Gasteiger partial charge in [-0.1, -0.05) is 87.5 Å². The Labute approximate surface area is 235 Å². The number of hydrogen-bond donors (Lipinski definition) is 1. The molecule has 1 saturated heterocycles. The number of benzene rings is 2. The lowest BCUT2D eigenvalue weighted by molar-refractivity contribution is -0.0160. The van der Waals surface area contributed by atoms with Gasteiger partial charge in [0.15, 0.2) is 0 Å². The van der Waals surface area contributed by atoms with E-state index in [0.29, 0.717) is 18.4 Å². The van der Waals surface area contributed by atoms with E-state index >= 15 is 0 Å². The maximum Gasteiger partial charge on any atom is 0.330 e. The van der Waals surface area contributed by atoms with Crippen LogP contribution in [0.4, 0.5) is 0 Å². The van der Waals surface area contributed by atoms with E-state index in [0.717, 1.165) is 3.39 Å². The zero-order valence-corrected chi connectivity index (χ0v) is 25.6. The van der Waals surface area contributed by atoms with Gasteiger partial charge in [-0.15, -0.1) is 0 Å². The summed E-state index contributed by atoms with van der Waals surface area (Å²) in [5, 5.41) is 2.17. The van der Waals surface area contributed by atoms with Crippen LogP contribution in [0.2, 0.25) is 5.04 Å². The second kappa shape index (κ2) is 11.4. The Morgan fingerprint density at radius 2 is 1.65 bits per heavy atom. The van der Waals surface area contributed by atoms with Gasteiger partial charge in [0, 0.05) is 18.2 Å². The zero-order chi connectivity index (χ0) is 26.8. The van der Waals surface area contributed by atoms with Gasteiger partial charge in [0.1, 0.15) is 6.23 Å². The summed E-state index contributed by atoms with van der Waals surface area (Å²) in [6.45, 7) is 8.41. The molecular weight excluding hydrogens is 616 g/mol. The lowest BCUT2D eigenvalue weighted by Crippen LogP contribution is -2.68. The Bertz CT molecular complexity index is 1320. The second-order valence-electron chi connectivity index (χ2n) is 10.4. The van der Waals surface area contributed by atoms with Crippen molar-refractivity contribution in [1.29, 1.82) is 0 Å². The number of hydrogen-bond acceptors (Lipinski definition) is 4. The number of halogens is 2. The molecule has 0 amide bonds. The van der Waals surface area contributed by atoms with Crippen molar-refractivity contribution in [2.24, 2.45) is 0 Å². The fraction of sp³-hybridized carbons (Fsp3) is 0.357.